The molecule has 1 atom stereocenters. The Morgan fingerprint density at radius 1 is 1.14 bits per heavy atom. The van der Waals surface area contributed by atoms with Gasteiger partial charge in [-0.05, 0) is 36.4 Å². The van der Waals surface area contributed by atoms with Gasteiger partial charge in [-0.1, -0.05) is 32.8 Å². The quantitative estimate of drug-likeness (QED) is 0.535. The van der Waals surface area contributed by atoms with Gasteiger partial charge in [0.15, 0.2) is 9.84 Å². The van der Waals surface area contributed by atoms with Crippen LogP contribution in [0.1, 0.15) is 49.9 Å². The van der Waals surface area contributed by atoms with E-state index in [0.717, 1.165) is 10.9 Å². The fraction of sp³-hybridized carbons (Fsp3) is 0.474. The van der Waals surface area contributed by atoms with E-state index in [1.165, 1.54) is 0 Å². The molecule has 0 aliphatic rings. The molecule has 2 rings (SSSR count). The summed E-state index contributed by atoms with van der Waals surface area (Å²) >= 11 is 0. The van der Waals surface area contributed by atoms with Gasteiger partial charge < -0.3 is 15.4 Å². The van der Waals surface area contributed by atoms with Gasteiger partial charge >= 0.3 is 5.97 Å². The van der Waals surface area contributed by atoms with Crippen molar-refractivity contribution in [3.63, 3.8) is 0 Å². The Balaban J connectivity index is 0.00000392. The van der Waals surface area contributed by atoms with Crippen LogP contribution in [0, 0.1) is 0 Å². The number of amides is 1. The van der Waals surface area contributed by atoms with Crippen LogP contribution in [0.4, 0.5) is 0 Å². The number of carbonyl (C=O) groups excluding carboxylic acids is 1. The summed E-state index contributed by atoms with van der Waals surface area (Å²) in [6.07, 6.45) is 4.11. The van der Waals surface area contributed by atoms with Crippen LogP contribution in [0.15, 0.2) is 30.5 Å². The van der Waals surface area contributed by atoms with Gasteiger partial charge in [0.2, 0.25) is 0 Å². The molecule has 0 fully saturated rings. The molecule has 7 nitrogen and oxygen atoms in total. The van der Waals surface area contributed by atoms with Gasteiger partial charge in [-0.15, -0.1) is 12.4 Å². The Kier molecular flexibility index (Phi) is 8.97. The Hall–Kier alpha value is -2.06. The van der Waals surface area contributed by atoms with Crippen LogP contribution in [0.2, 0.25) is 0 Å². The van der Waals surface area contributed by atoms with Crippen molar-refractivity contribution in [2.24, 2.45) is 0 Å². The van der Waals surface area contributed by atoms with E-state index in [1.54, 1.807) is 24.4 Å². The van der Waals surface area contributed by atoms with E-state index < -0.39 is 38.8 Å². The molecule has 3 N–H and O–H groups in total. The monoisotopic (exact) mass is 430 g/mol. The molecule has 0 bridgehead atoms. The summed E-state index contributed by atoms with van der Waals surface area (Å²) < 4.78 is 25.3. The zero-order valence-corrected chi connectivity index (χ0v) is 17.6. The Morgan fingerprint density at radius 3 is 2.36 bits per heavy atom. The maximum atomic E-state index is 12.7. The topological polar surface area (TPSA) is 116 Å². The number of carboxylic acid groups (broad SMARTS) is 1. The standard InChI is InChI=1S/C19H26N2O5S.ClH/c1-3-5-15(6-4-2)27(25,26)12-17(19(23)24)21-18(22)14-8-7-13-9-10-20-16(13)11-14;/h7-11,15,17,20H,3-6,12H2,1-2H3,(H,21,22)(H,23,24);1H/t17-;/m0./s1. The zero-order valence-electron chi connectivity index (χ0n) is 16.0. The molecule has 1 aromatic heterocycles. The Labute approximate surface area is 171 Å². The predicted octanol–water partition coefficient (Wildman–Crippen LogP) is 3.16. The van der Waals surface area contributed by atoms with E-state index in [4.69, 9.17) is 0 Å². The maximum Gasteiger partial charge on any atom is 0.327 e. The van der Waals surface area contributed by atoms with E-state index in [-0.39, 0.29) is 18.0 Å². The third kappa shape index (κ3) is 5.97. The number of H-pyrrole nitrogens is 1. The largest absolute Gasteiger partial charge is 0.480 e. The minimum atomic E-state index is -3.65. The average molecular weight is 431 g/mol. The van der Waals surface area contributed by atoms with Gasteiger partial charge in [-0.3, -0.25) is 4.79 Å². The van der Waals surface area contributed by atoms with Crippen LogP contribution in [-0.2, 0) is 14.6 Å². The van der Waals surface area contributed by atoms with Crippen molar-refractivity contribution in [3.05, 3.63) is 36.0 Å². The molecule has 0 saturated carbocycles. The van der Waals surface area contributed by atoms with Crippen molar-refractivity contribution in [1.29, 1.82) is 0 Å². The van der Waals surface area contributed by atoms with Gasteiger partial charge in [0.05, 0.1) is 11.0 Å². The number of carboxylic acids is 1. The smallest absolute Gasteiger partial charge is 0.327 e. The number of aliphatic carboxylic acids is 1. The molecule has 9 heteroatoms. The van der Waals surface area contributed by atoms with E-state index in [2.05, 4.69) is 10.3 Å². The van der Waals surface area contributed by atoms with Gasteiger partial charge in [-0.2, -0.15) is 0 Å². The second-order valence-electron chi connectivity index (χ2n) is 6.67. The molecule has 0 aliphatic heterocycles. The molecule has 0 aliphatic carbocycles. The summed E-state index contributed by atoms with van der Waals surface area (Å²) in [4.78, 5) is 27.0. The van der Waals surface area contributed by atoms with Gasteiger partial charge in [0.25, 0.3) is 5.91 Å². The van der Waals surface area contributed by atoms with Crippen molar-refractivity contribution < 1.29 is 23.1 Å². The van der Waals surface area contributed by atoms with Crippen molar-refractivity contribution in [1.82, 2.24) is 10.3 Å². The summed E-state index contributed by atoms with van der Waals surface area (Å²) in [7, 11) is -3.65. The third-order valence-electron chi connectivity index (χ3n) is 4.55. The predicted molar refractivity (Wildman–Crippen MR) is 112 cm³/mol. The Morgan fingerprint density at radius 2 is 1.79 bits per heavy atom. The number of benzene rings is 1. The number of halogens is 1. The average Bonchev–Trinajstić information content (AvgIpc) is 3.08. The minimum Gasteiger partial charge on any atom is -0.480 e. The summed E-state index contributed by atoms with van der Waals surface area (Å²) in [5.74, 6) is -2.58. The van der Waals surface area contributed by atoms with Crippen LogP contribution in [0.25, 0.3) is 10.9 Å². The van der Waals surface area contributed by atoms with Crippen LogP contribution < -0.4 is 5.32 Å². The molecule has 1 heterocycles. The van der Waals surface area contributed by atoms with Crippen molar-refractivity contribution >= 4 is 45.0 Å². The van der Waals surface area contributed by atoms with Crippen LogP contribution in [0.3, 0.4) is 0 Å². The highest BCUT2D eigenvalue weighted by Gasteiger charge is 2.32. The SMILES string of the molecule is CCCC(CCC)S(=O)(=O)C[C@H](NC(=O)c1ccc2cc[nH]c2c1)C(=O)O.Cl. The number of aromatic amines is 1. The van der Waals surface area contributed by atoms with Crippen molar-refractivity contribution in [2.45, 2.75) is 50.8 Å². The molecular formula is C19H27ClN2O5S. The van der Waals surface area contributed by atoms with E-state index in [1.807, 2.05) is 19.9 Å². The summed E-state index contributed by atoms with van der Waals surface area (Å²) in [5.41, 5.74) is 1.01. The summed E-state index contributed by atoms with van der Waals surface area (Å²) in [6.45, 7) is 3.79. The van der Waals surface area contributed by atoms with Crippen molar-refractivity contribution in [2.75, 3.05) is 5.75 Å². The fourth-order valence-electron chi connectivity index (χ4n) is 3.12. The molecule has 0 spiro atoms. The minimum absolute atomic E-state index is 0. The number of hydrogen-bond donors (Lipinski definition) is 3. The lowest BCUT2D eigenvalue weighted by Gasteiger charge is -2.20. The normalized spacial score (nSPS) is 12.5. The molecule has 156 valence electrons. The maximum absolute atomic E-state index is 12.7. The molecular weight excluding hydrogens is 404 g/mol. The van der Waals surface area contributed by atoms with Crippen LogP contribution in [-0.4, -0.2) is 47.4 Å². The number of aromatic nitrogens is 1. The van der Waals surface area contributed by atoms with Crippen LogP contribution in [0.5, 0.6) is 0 Å². The number of hydrogen-bond acceptors (Lipinski definition) is 4. The number of nitrogens with one attached hydrogen (secondary N) is 2. The summed E-state index contributed by atoms with van der Waals surface area (Å²) in [6, 6.07) is 5.29. The van der Waals surface area contributed by atoms with E-state index >= 15 is 0 Å². The molecule has 1 amide bonds. The highest BCUT2D eigenvalue weighted by atomic mass is 35.5. The first-order valence-electron chi connectivity index (χ1n) is 9.10. The van der Waals surface area contributed by atoms with E-state index in [0.29, 0.717) is 25.7 Å². The summed E-state index contributed by atoms with van der Waals surface area (Å²) in [5, 5.41) is 12.1. The fourth-order valence-corrected chi connectivity index (χ4v) is 5.27. The highest BCUT2D eigenvalue weighted by molar-refractivity contribution is 7.92. The van der Waals surface area contributed by atoms with Gasteiger partial charge in [0.1, 0.15) is 6.04 Å². The van der Waals surface area contributed by atoms with E-state index in [9.17, 15) is 23.1 Å². The first-order valence-corrected chi connectivity index (χ1v) is 10.8. The number of sulfone groups is 1. The molecule has 0 saturated heterocycles. The molecule has 2 aromatic rings. The lowest BCUT2D eigenvalue weighted by Crippen LogP contribution is -2.47. The first kappa shape index (κ1) is 24.0. The molecule has 1 aromatic carbocycles. The van der Waals surface area contributed by atoms with Gasteiger partial charge in [-0.25, -0.2) is 13.2 Å². The van der Waals surface area contributed by atoms with Crippen molar-refractivity contribution in [3.8, 4) is 0 Å². The molecule has 0 unspecified atom stereocenters. The lowest BCUT2D eigenvalue weighted by molar-refractivity contribution is -0.138. The number of carbonyl (C=O) groups is 2. The first-order chi connectivity index (χ1) is 12.8. The Bertz CT molecular complexity index is 904. The number of fused-ring (bicyclic) bond motifs is 1. The second kappa shape index (κ2) is 10.5. The molecule has 0 radical (unpaired) electrons. The lowest BCUT2D eigenvalue weighted by atomic mass is 10.1. The third-order valence-corrected chi connectivity index (χ3v) is 6.83. The number of rotatable bonds is 10. The molecule has 28 heavy (non-hydrogen) atoms. The van der Waals surface area contributed by atoms with Crippen LogP contribution >= 0.6 is 12.4 Å². The highest BCUT2D eigenvalue weighted by Crippen LogP contribution is 2.18. The van der Waals surface area contributed by atoms with Gasteiger partial charge in [0, 0.05) is 17.3 Å². The zero-order chi connectivity index (χ0) is 20.0. The second-order valence-corrected chi connectivity index (χ2v) is 9.00.